The third-order valence-electron chi connectivity index (χ3n) is 5.06. The van der Waals surface area contributed by atoms with Gasteiger partial charge in [0.05, 0.1) is 0 Å². The van der Waals surface area contributed by atoms with Gasteiger partial charge < -0.3 is 0 Å². The molecule has 5 rings (SSSR count). The van der Waals surface area contributed by atoms with E-state index >= 15 is 0 Å². The monoisotopic (exact) mass is 364 g/mol. The Bertz CT molecular complexity index is 899. The van der Waals surface area contributed by atoms with Gasteiger partial charge >= 0.3 is 0 Å². The van der Waals surface area contributed by atoms with E-state index in [0.717, 1.165) is 27.4 Å². The molecule has 2 saturated carbocycles. The van der Waals surface area contributed by atoms with Crippen LogP contribution in [0.25, 0.3) is 11.4 Å². The van der Waals surface area contributed by atoms with Gasteiger partial charge in [-0.2, -0.15) is 0 Å². The highest BCUT2D eigenvalue weighted by Gasteiger charge is 2.30. The second-order valence-electron chi connectivity index (χ2n) is 6.99. The minimum Gasteiger partial charge on any atom is -0.299 e. The molecule has 3 heterocycles. The number of hydrogen-bond donors (Lipinski definition) is 0. The molecule has 7 heteroatoms. The van der Waals surface area contributed by atoms with Crippen molar-refractivity contribution >= 4 is 11.8 Å². The number of pyridine rings is 1. The average molecular weight is 364 g/mol. The van der Waals surface area contributed by atoms with Crippen molar-refractivity contribution in [2.24, 2.45) is 0 Å². The summed E-state index contributed by atoms with van der Waals surface area (Å²) in [6.45, 7) is 0. The van der Waals surface area contributed by atoms with Gasteiger partial charge in [-0.15, -0.1) is 10.2 Å². The first kappa shape index (κ1) is 15.9. The molecule has 26 heavy (non-hydrogen) atoms. The molecular formula is C19H20N6S. The summed E-state index contributed by atoms with van der Waals surface area (Å²) in [5.74, 6) is 2.40. The molecule has 3 aromatic heterocycles. The fraction of sp³-hybridized carbons (Fsp3) is 0.421. The predicted octanol–water partition coefficient (Wildman–Crippen LogP) is 4.27. The summed E-state index contributed by atoms with van der Waals surface area (Å²) >= 11 is 1.59. The van der Waals surface area contributed by atoms with Crippen molar-refractivity contribution in [2.45, 2.75) is 60.7 Å². The van der Waals surface area contributed by atoms with Crippen molar-refractivity contribution in [3.05, 3.63) is 42.6 Å². The van der Waals surface area contributed by atoms with Crippen LogP contribution >= 0.6 is 11.8 Å². The lowest BCUT2D eigenvalue weighted by atomic mass is 10.1. The molecule has 0 unspecified atom stereocenters. The third kappa shape index (κ3) is 3.11. The van der Waals surface area contributed by atoms with Gasteiger partial charge in [0.2, 0.25) is 0 Å². The highest BCUT2D eigenvalue weighted by molar-refractivity contribution is 7.99. The molecule has 0 saturated heterocycles. The standard InChI is InChI=1S/C19H20N6S/c1-2-5-13(4-1)17-21-11-9-16(22-17)26-19-24-23-18(25(19)15-7-8-15)14-6-3-10-20-12-14/h3,6,9-13,15H,1-2,4-5,7-8H2. The van der Waals surface area contributed by atoms with E-state index in [-0.39, 0.29) is 0 Å². The van der Waals surface area contributed by atoms with Gasteiger partial charge in [-0.3, -0.25) is 9.55 Å². The zero-order valence-corrected chi connectivity index (χ0v) is 15.3. The highest BCUT2D eigenvalue weighted by Crippen LogP contribution is 2.42. The number of nitrogens with zero attached hydrogens (tertiary/aromatic N) is 6. The highest BCUT2D eigenvalue weighted by atomic mass is 32.2. The van der Waals surface area contributed by atoms with E-state index in [2.05, 4.69) is 24.7 Å². The van der Waals surface area contributed by atoms with Crippen molar-refractivity contribution in [2.75, 3.05) is 0 Å². The van der Waals surface area contributed by atoms with Gasteiger partial charge in [0.15, 0.2) is 11.0 Å². The molecule has 3 aromatic rings. The maximum Gasteiger partial charge on any atom is 0.198 e. The maximum absolute atomic E-state index is 4.81. The average Bonchev–Trinajstić information content (AvgIpc) is 3.20. The van der Waals surface area contributed by atoms with Gasteiger partial charge in [-0.05, 0) is 55.6 Å². The third-order valence-corrected chi connectivity index (χ3v) is 5.96. The predicted molar refractivity (Wildman–Crippen MR) is 98.9 cm³/mol. The molecule has 0 aliphatic heterocycles. The molecule has 0 spiro atoms. The summed E-state index contributed by atoms with van der Waals surface area (Å²) < 4.78 is 2.25. The van der Waals surface area contributed by atoms with Crippen molar-refractivity contribution in [1.82, 2.24) is 29.7 Å². The van der Waals surface area contributed by atoms with Crippen LogP contribution in [0.1, 0.15) is 56.3 Å². The number of rotatable bonds is 5. The van der Waals surface area contributed by atoms with Crippen LogP contribution in [-0.4, -0.2) is 29.7 Å². The molecule has 2 aliphatic rings. The molecule has 0 amide bonds. The zero-order valence-electron chi connectivity index (χ0n) is 14.5. The molecule has 132 valence electrons. The van der Waals surface area contributed by atoms with Gasteiger partial charge in [-0.1, -0.05) is 12.8 Å². The summed E-state index contributed by atoms with van der Waals surface area (Å²) in [5.41, 5.74) is 1.01. The molecule has 0 bridgehead atoms. The lowest BCUT2D eigenvalue weighted by Gasteiger charge is -2.10. The summed E-state index contributed by atoms with van der Waals surface area (Å²) in [6.07, 6.45) is 12.8. The van der Waals surface area contributed by atoms with Crippen LogP contribution in [0, 0.1) is 0 Å². The minimum absolute atomic E-state index is 0.485. The van der Waals surface area contributed by atoms with Gasteiger partial charge in [0, 0.05) is 36.1 Å². The van der Waals surface area contributed by atoms with Crippen LogP contribution < -0.4 is 0 Å². The van der Waals surface area contributed by atoms with E-state index in [9.17, 15) is 0 Å². The minimum atomic E-state index is 0.485. The van der Waals surface area contributed by atoms with E-state index in [1.54, 1.807) is 18.0 Å². The summed E-state index contributed by atoms with van der Waals surface area (Å²) in [7, 11) is 0. The van der Waals surface area contributed by atoms with Crippen LogP contribution in [0.2, 0.25) is 0 Å². The van der Waals surface area contributed by atoms with Crippen molar-refractivity contribution in [3.63, 3.8) is 0 Å². The smallest absolute Gasteiger partial charge is 0.198 e. The van der Waals surface area contributed by atoms with Crippen LogP contribution in [0.5, 0.6) is 0 Å². The molecule has 2 fully saturated rings. The first-order valence-electron chi connectivity index (χ1n) is 9.24. The second kappa shape index (κ2) is 6.79. The van der Waals surface area contributed by atoms with Gasteiger partial charge in [-0.25, -0.2) is 9.97 Å². The zero-order chi connectivity index (χ0) is 17.3. The fourth-order valence-electron chi connectivity index (χ4n) is 3.59. The second-order valence-corrected chi connectivity index (χ2v) is 7.97. The molecule has 0 atom stereocenters. The SMILES string of the molecule is c1cncc(-c2nnc(Sc3ccnc(C4CCCC4)n3)n2C2CC2)c1. The normalized spacial score (nSPS) is 17.7. The Labute approximate surface area is 156 Å². The maximum atomic E-state index is 4.81. The Morgan fingerprint density at radius 2 is 1.88 bits per heavy atom. The lowest BCUT2D eigenvalue weighted by molar-refractivity contribution is 0.653. The van der Waals surface area contributed by atoms with E-state index in [1.165, 1.54) is 38.5 Å². The Morgan fingerprint density at radius 3 is 2.65 bits per heavy atom. The van der Waals surface area contributed by atoms with E-state index in [1.807, 2.05) is 30.6 Å². The van der Waals surface area contributed by atoms with Crippen molar-refractivity contribution < 1.29 is 0 Å². The summed E-state index contributed by atoms with van der Waals surface area (Å²) in [5, 5.41) is 10.8. The molecular weight excluding hydrogens is 344 g/mol. The first-order valence-corrected chi connectivity index (χ1v) is 10.1. The Morgan fingerprint density at radius 1 is 1.00 bits per heavy atom. The van der Waals surface area contributed by atoms with Crippen molar-refractivity contribution in [3.8, 4) is 11.4 Å². The Balaban J connectivity index is 1.46. The van der Waals surface area contributed by atoms with Crippen LogP contribution in [0.3, 0.4) is 0 Å². The largest absolute Gasteiger partial charge is 0.299 e. The number of aromatic nitrogens is 6. The molecule has 0 N–H and O–H groups in total. The molecule has 6 nitrogen and oxygen atoms in total. The van der Waals surface area contributed by atoms with Crippen LogP contribution in [0.15, 0.2) is 47.0 Å². The lowest BCUT2D eigenvalue weighted by Crippen LogP contribution is -2.02. The molecule has 0 aromatic carbocycles. The molecule has 0 radical (unpaired) electrons. The van der Waals surface area contributed by atoms with E-state index in [4.69, 9.17) is 4.98 Å². The van der Waals surface area contributed by atoms with E-state index in [0.29, 0.717) is 12.0 Å². The fourth-order valence-corrected chi connectivity index (χ4v) is 4.46. The summed E-state index contributed by atoms with van der Waals surface area (Å²) in [4.78, 5) is 13.5. The number of hydrogen-bond acceptors (Lipinski definition) is 6. The van der Waals surface area contributed by atoms with Crippen LogP contribution in [0.4, 0.5) is 0 Å². The molecule has 2 aliphatic carbocycles. The van der Waals surface area contributed by atoms with Crippen LogP contribution in [-0.2, 0) is 0 Å². The Kier molecular flexibility index (Phi) is 4.16. The quantitative estimate of drug-likeness (QED) is 0.630. The summed E-state index contributed by atoms with van der Waals surface area (Å²) in [6, 6.07) is 6.43. The van der Waals surface area contributed by atoms with E-state index < -0.39 is 0 Å². The Hall–Kier alpha value is -2.28. The topological polar surface area (TPSA) is 69.4 Å². The first-order chi connectivity index (χ1) is 12.9. The van der Waals surface area contributed by atoms with Gasteiger partial charge in [0.1, 0.15) is 10.9 Å². The van der Waals surface area contributed by atoms with Gasteiger partial charge in [0.25, 0.3) is 0 Å². The van der Waals surface area contributed by atoms with Crippen molar-refractivity contribution in [1.29, 1.82) is 0 Å².